The van der Waals surface area contributed by atoms with Gasteiger partial charge in [0, 0.05) is 11.9 Å². The van der Waals surface area contributed by atoms with E-state index >= 15 is 0 Å². The highest BCUT2D eigenvalue weighted by Crippen LogP contribution is 2.20. The summed E-state index contributed by atoms with van der Waals surface area (Å²) < 4.78 is 5.28. The Morgan fingerprint density at radius 2 is 1.72 bits per heavy atom. The first-order valence-electron chi connectivity index (χ1n) is 9.49. The number of alkyl carbamates (subject to hydrolysis) is 1. The number of ether oxygens (including phenoxy) is 1. The first kappa shape index (κ1) is 20.3. The van der Waals surface area contributed by atoms with Crippen LogP contribution in [0.25, 0.3) is 10.9 Å². The first-order chi connectivity index (χ1) is 13.8. The lowest BCUT2D eigenvalue weighted by molar-refractivity contribution is -0.117. The molecule has 150 valence electrons. The molecule has 6 nitrogen and oxygen atoms in total. The number of nitrogens with one attached hydrogen (secondary N) is 2. The fraction of sp³-hybridized carbons (Fsp3) is 0.261. The van der Waals surface area contributed by atoms with Crippen LogP contribution >= 0.6 is 0 Å². The van der Waals surface area contributed by atoms with Crippen LogP contribution in [0.1, 0.15) is 32.3 Å². The second-order valence-corrected chi connectivity index (χ2v) is 7.75. The van der Waals surface area contributed by atoms with Gasteiger partial charge in [-0.1, -0.05) is 48.5 Å². The van der Waals surface area contributed by atoms with Crippen molar-refractivity contribution in [2.24, 2.45) is 0 Å². The van der Waals surface area contributed by atoms with Gasteiger partial charge in [-0.2, -0.15) is 0 Å². The largest absolute Gasteiger partial charge is 0.444 e. The lowest BCUT2D eigenvalue weighted by Crippen LogP contribution is -2.37. The molecule has 2 amide bonds. The monoisotopic (exact) mass is 391 g/mol. The van der Waals surface area contributed by atoms with E-state index in [4.69, 9.17) is 4.74 Å². The van der Waals surface area contributed by atoms with Gasteiger partial charge in [-0.3, -0.25) is 9.78 Å². The van der Waals surface area contributed by atoms with Gasteiger partial charge in [0.1, 0.15) is 5.60 Å². The van der Waals surface area contributed by atoms with E-state index in [-0.39, 0.29) is 12.5 Å². The summed E-state index contributed by atoms with van der Waals surface area (Å²) >= 11 is 0. The minimum atomic E-state index is -0.606. The Morgan fingerprint density at radius 1 is 1.03 bits per heavy atom. The number of fused-ring (bicyclic) bond motifs is 1. The third-order valence-electron chi connectivity index (χ3n) is 4.23. The number of pyridine rings is 1. The van der Waals surface area contributed by atoms with Gasteiger partial charge in [-0.25, -0.2) is 4.79 Å². The molecule has 0 saturated heterocycles. The Kier molecular flexibility index (Phi) is 6.12. The molecule has 1 atom stereocenters. The molecule has 0 aliphatic carbocycles. The fourth-order valence-electron chi connectivity index (χ4n) is 2.92. The van der Waals surface area contributed by atoms with E-state index < -0.39 is 17.6 Å². The number of anilines is 1. The van der Waals surface area contributed by atoms with Crippen molar-refractivity contribution in [3.05, 3.63) is 72.4 Å². The van der Waals surface area contributed by atoms with Crippen LogP contribution in [0.15, 0.2) is 66.9 Å². The molecule has 3 aromatic rings. The molecule has 0 saturated carbocycles. The van der Waals surface area contributed by atoms with Crippen LogP contribution in [0.4, 0.5) is 10.5 Å². The van der Waals surface area contributed by atoms with Crippen molar-refractivity contribution >= 4 is 28.6 Å². The molecule has 0 spiro atoms. The fourth-order valence-corrected chi connectivity index (χ4v) is 2.92. The van der Waals surface area contributed by atoms with Crippen LogP contribution in [0.2, 0.25) is 0 Å². The molecular formula is C23H25N3O3. The maximum absolute atomic E-state index is 13.0. The smallest absolute Gasteiger partial charge is 0.407 e. The summed E-state index contributed by atoms with van der Waals surface area (Å²) in [5.74, 6) is -0.806. The zero-order valence-electron chi connectivity index (χ0n) is 16.8. The van der Waals surface area contributed by atoms with Crippen molar-refractivity contribution in [2.45, 2.75) is 32.3 Å². The van der Waals surface area contributed by atoms with Crippen molar-refractivity contribution in [1.82, 2.24) is 10.3 Å². The highest BCUT2D eigenvalue weighted by atomic mass is 16.6. The van der Waals surface area contributed by atoms with E-state index in [0.717, 1.165) is 16.5 Å². The number of amides is 2. The molecule has 2 aromatic carbocycles. The van der Waals surface area contributed by atoms with E-state index in [2.05, 4.69) is 15.6 Å². The maximum atomic E-state index is 13.0. The van der Waals surface area contributed by atoms with Gasteiger partial charge in [0.15, 0.2) is 0 Å². The predicted octanol–water partition coefficient (Wildman–Crippen LogP) is 4.48. The van der Waals surface area contributed by atoms with Gasteiger partial charge in [-0.05, 0) is 38.5 Å². The molecule has 0 bridgehead atoms. The Bertz CT molecular complexity index is 997. The summed E-state index contributed by atoms with van der Waals surface area (Å²) in [5, 5.41) is 6.55. The van der Waals surface area contributed by atoms with Gasteiger partial charge in [0.25, 0.3) is 0 Å². The minimum absolute atomic E-state index is 0.117. The van der Waals surface area contributed by atoms with Crippen molar-refractivity contribution in [3.63, 3.8) is 0 Å². The van der Waals surface area contributed by atoms with Crippen LogP contribution < -0.4 is 10.6 Å². The number of benzene rings is 2. The quantitative estimate of drug-likeness (QED) is 0.672. The molecule has 1 heterocycles. The zero-order valence-corrected chi connectivity index (χ0v) is 16.8. The van der Waals surface area contributed by atoms with Gasteiger partial charge in [0.05, 0.1) is 23.3 Å². The Morgan fingerprint density at radius 3 is 2.45 bits per heavy atom. The molecule has 2 N–H and O–H groups in total. The topological polar surface area (TPSA) is 80.3 Å². The van der Waals surface area contributed by atoms with E-state index in [1.807, 2.05) is 60.7 Å². The standard InChI is InChI=1S/C23H25N3O3/c1-23(2,3)29-22(28)25-15-19(16-9-5-4-6-10-16)21(27)26-18-13-17-11-7-8-12-20(17)24-14-18/h4-14,19H,15H2,1-3H3,(H,25,28)(H,26,27). The van der Waals surface area contributed by atoms with Crippen molar-refractivity contribution in [2.75, 3.05) is 11.9 Å². The van der Waals surface area contributed by atoms with Gasteiger partial charge in [0.2, 0.25) is 5.91 Å². The number of hydrogen-bond donors (Lipinski definition) is 2. The Labute approximate surface area is 170 Å². The van der Waals surface area contributed by atoms with Gasteiger partial charge >= 0.3 is 6.09 Å². The summed E-state index contributed by atoms with van der Waals surface area (Å²) in [5.41, 5.74) is 1.66. The van der Waals surface area contributed by atoms with Crippen molar-refractivity contribution < 1.29 is 14.3 Å². The normalized spacial score (nSPS) is 12.2. The highest BCUT2D eigenvalue weighted by molar-refractivity contribution is 5.97. The molecule has 1 unspecified atom stereocenters. The lowest BCUT2D eigenvalue weighted by atomic mass is 9.98. The first-order valence-corrected chi connectivity index (χ1v) is 9.49. The lowest BCUT2D eigenvalue weighted by Gasteiger charge is -2.22. The molecule has 0 fully saturated rings. The summed E-state index contributed by atoms with van der Waals surface area (Å²) in [6, 6.07) is 18.9. The molecule has 6 heteroatoms. The molecular weight excluding hydrogens is 366 g/mol. The van der Waals surface area contributed by atoms with Crippen LogP contribution in [0.3, 0.4) is 0 Å². The third kappa shape index (κ3) is 5.78. The SMILES string of the molecule is CC(C)(C)OC(=O)NCC(C(=O)Nc1cnc2ccccc2c1)c1ccccc1. The van der Waals surface area contributed by atoms with E-state index in [0.29, 0.717) is 5.69 Å². The van der Waals surface area contributed by atoms with Gasteiger partial charge < -0.3 is 15.4 Å². The van der Waals surface area contributed by atoms with Crippen LogP contribution in [-0.2, 0) is 9.53 Å². The molecule has 1 aromatic heterocycles. The van der Waals surface area contributed by atoms with Gasteiger partial charge in [-0.15, -0.1) is 0 Å². The van der Waals surface area contributed by atoms with Crippen LogP contribution in [0.5, 0.6) is 0 Å². The zero-order chi connectivity index (χ0) is 20.9. The number of aromatic nitrogens is 1. The van der Waals surface area contributed by atoms with E-state index in [9.17, 15) is 9.59 Å². The third-order valence-corrected chi connectivity index (χ3v) is 4.23. The molecule has 3 rings (SSSR count). The number of hydrogen-bond acceptors (Lipinski definition) is 4. The highest BCUT2D eigenvalue weighted by Gasteiger charge is 2.23. The van der Waals surface area contributed by atoms with Crippen molar-refractivity contribution in [1.29, 1.82) is 0 Å². The molecule has 0 aliphatic rings. The number of rotatable bonds is 5. The number of carbonyl (C=O) groups excluding carboxylic acids is 2. The van der Waals surface area contributed by atoms with Crippen molar-refractivity contribution in [3.8, 4) is 0 Å². The maximum Gasteiger partial charge on any atom is 0.407 e. The Hall–Kier alpha value is -3.41. The summed E-state index contributed by atoms with van der Waals surface area (Å²) in [4.78, 5) is 29.4. The second kappa shape index (κ2) is 8.73. The van der Waals surface area contributed by atoms with Crippen LogP contribution in [-0.4, -0.2) is 29.1 Å². The molecule has 0 aliphatic heterocycles. The number of carbonyl (C=O) groups is 2. The molecule has 0 radical (unpaired) electrons. The minimum Gasteiger partial charge on any atom is -0.444 e. The van der Waals surface area contributed by atoms with Crippen LogP contribution in [0, 0.1) is 0 Å². The van der Waals surface area contributed by atoms with E-state index in [1.165, 1.54) is 0 Å². The number of para-hydroxylation sites is 1. The average molecular weight is 391 g/mol. The van der Waals surface area contributed by atoms with E-state index in [1.54, 1.807) is 27.0 Å². The number of nitrogens with zero attached hydrogens (tertiary/aromatic N) is 1. The second-order valence-electron chi connectivity index (χ2n) is 7.75. The average Bonchev–Trinajstić information content (AvgIpc) is 2.67. The Balaban J connectivity index is 1.75. The summed E-state index contributed by atoms with van der Waals surface area (Å²) in [6.45, 7) is 5.49. The molecule has 29 heavy (non-hydrogen) atoms. The summed E-state index contributed by atoms with van der Waals surface area (Å²) in [7, 11) is 0. The summed E-state index contributed by atoms with van der Waals surface area (Å²) in [6.07, 6.45) is 1.07. The predicted molar refractivity (Wildman–Crippen MR) is 114 cm³/mol.